The molecule has 32 heavy (non-hydrogen) atoms. The van der Waals surface area contributed by atoms with Crippen LogP contribution in [0.1, 0.15) is 59.8 Å². The molecule has 3 N–H and O–H groups in total. The van der Waals surface area contributed by atoms with Crippen molar-refractivity contribution in [3.8, 4) is 0 Å². The fourth-order valence-electron chi connectivity index (χ4n) is 4.61. The zero-order valence-corrected chi connectivity index (χ0v) is 19.1. The van der Waals surface area contributed by atoms with Crippen molar-refractivity contribution in [1.29, 1.82) is 0 Å². The first-order chi connectivity index (χ1) is 15.3. The molecule has 2 aromatic heterocycles. The number of thiophene rings is 1. The Labute approximate surface area is 190 Å². The third-order valence-corrected chi connectivity index (χ3v) is 7.47. The average Bonchev–Trinajstić information content (AvgIpc) is 3.33. The first kappa shape index (κ1) is 20.9. The Hall–Kier alpha value is -2.97. The predicted molar refractivity (Wildman–Crippen MR) is 127 cm³/mol. The molecule has 2 aliphatic rings. The van der Waals surface area contributed by atoms with Crippen LogP contribution in [-0.2, 0) is 0 Å². The summed E-state index contributed by atoms with van der Waals surface area (Å²) in [7, 11) is 0. The van der Waals surface area contributed by atoms with Crippen molar-refractivity contribution in [3.63, 3.8) is 0 Å². The molecular weight excluding hydrogens is 424 g/mol. The zero-order chi connectivity index (χ0) is 22.6. The lowest BCUT2D eigenvalue weighted by Gasteiger charge is -2.30. The van der Waals surface area contributed by atoms with Crippen molar-refractivity contribution in [3.05, 3.63) is 46.5 Å². The van der Waals surface area contributed by atoms with Gasteiger partial charge in [0.15, 0.2) is 0 Å². The maximum absolute atomic E-state index is 13.3. The van der Waals surface area contributed by atoms with Gasteiger partial charge in [-0.1, -0.05) is 26.0 Å². The molecule has 166 valence electrons. The lowest BCUT2D eigenvalue weighted by Crippen LogP contribution is -2.40. The van der Waals surface area contributed by atoms with Crippen LogP contribution >= 0.6 is 11.3 Å². The summed E-state index contributed by atoms with van der Waals surface area (Å²) in [5, 5.41) is 16.7. The van der Waals surface area contributed by atoms with Gasteiger partial charge in [-0.3, -0.25) is 9.69 Å². The number of aromatic nitrogens is 1. The Morgan fingerprint density at radius 2 is 2.09 bits per heavy atom. The standard InChI is InChI=1S/C24H26N4O3S/c1-12(2)14-7-8-16(13(3)11-14)28-17-9-10-25-23-19(17)20(27-24(28)31)21(32-23)22(30)26-15-5-4-6-18(15)29/h7-12,15,18,29H,4-6H2,1-3H3,(H,26,30)(H,27,31)/t15-,18-/m1/s1. The van der Waals surface area contributed by atoms with Gasteiger partial charge in [0.25, 0.3) is 5.91 Å². The van der Waals surface area contributed by atoms with E-state index >= 15 is 0 Å². The van der Waals surface area contributed by atoms with Gasteiger partial charge in [0.05, 0.1) is 34.6 Å². The molecule has 8 heteroatoms. The summed E-state index contributed by atoms with van der Waals surface area (Å²) >= 11 is 1.26. The lowest BCUT2D eigenvalue weighted by molar-refractivity contribution is 0.0878. The molecule has 1 saturated carbocycles. The number of hydrogen-bond donors (Lipinski definition) is 3. The molecule has 2 atom stereocenters. The van der Waals surface area contributed by atoms with E-state index in [-0.39, 0.29) is 18.0 Å². The SMILES string of the molecule is Cc1cc(C(C)C)ccc1N1C(=O)Nc2c(C(=O)N[C@@H]3CCC[C@H]3O)sc3nccc1c23. The Bertz CT molecular complexity index is 1240. The second kappa shape index (κ2) is 7.86. The number of carbonyl (C=O) groups is 2. The Balaban J connectivity index is 1.57. The monoisotopic (exact) mass is 450 g/mol. The number of hydrogen-bond acceptors (Lipinski definition) is 5. The van der Waals surface area contributed by atoms with Gasteiger partial charge in [-0.2, -0.15) is 0 Å². The molecule has 0 spiro atoms. The highest BCUT2D eigenvalue weighted by Gasteiger charge is 2.34. The minimum absolute atomic E-state index is 0.259. The number of anilines is 3. The largest absolute Gasteiger partial charge is 0.391 e. The first-order valence-corrected chi connectivity index (χ1v) is 11.8. The summed E-state index contributed by atoms with van der Waals surface area (Å²) in [6.07, 6.45) is 3.47. The molecule has 0 radical (unpaired) electrons. The summed E-state index contributed by atoms with van der Waals surface area (Å²) in [5.41, 5.74) is 4.23. The predicted octanol–water partition coefficient (Wildman–Crippen LogP) is 5.05. The lowest BCUT2D eigenvalue weighted by atomic mass is 9.99. The molecule has 5 rings (SSSR count). The second-order valence-corrected chi connectivity index (χ2v) is 9.86. The molecular formula is C24H26N4O3S. The smallest absolute Gasteiger partial charge is 0.331 e. The number of pyridine rings is 1. The number of nitrogens with zero attached hydrogens (tertiary/aromatic N) is 2. The highest BCUT2D eigenvalue weighted by molar-refractivity contribution is 7.21. The molecule has 1 fully saturated rings. The number of amides is 3. The number of rotatable bonds is 4. The molecule has 1 aliphatic heterocycles. The minimum atomic E-state index is -0.528. The van der Waals surface area contributed by atoms with E-state index in [4.69, 9.17) is 0 Å². The van der Waals surface area contributed by atoms with E-state index < -0.39 is 6.10 Å². The fraction of sp³-hybridized carbons (Fsp3) is 0.375. The highest BCUT2D eigenvalue weighted by Crippen LogP contribution is 2.46. The van der Waals surface area contributed by atoms with Crippen molar-refractivity contribution in [2.75, 3.05) is 10.2 Å². The van der Waals surface area contributed by atoms with Crippen LogP contribution in [-0.4, -0.2) is 34.2 Å². The van der Waals surface area contributed by atoms with Gasteiger partial charge in [-0.25, -0.2) is 9.78 Å². The molecule has 0 bridgehead atoms. The third kappa shape index (κ3) is 3.34. The van der Waals surface area contributed by atoms with Crippen molar-refractivity contribution in [2.24, 2.45) is 0 Å². The summed E-state index contributed by atoms with van der Waals surface area (Å²) in [6.45, 7) is 6.29. The maximum atomic E-state index is 13.3. The van der Waals surface area contributed by atoms with E-state index in [1.165, 1.54) is 16.9 Å². The number of aliphatic hydroxyl groups excluding tert-OH is 1. The third-order valence-electron chi connectivity index (χ3n) is 6.38. The van der Waals surface area contributed by atoms with Crippen LogP contribution in [0.4, 0.5) is 21.9 Å². The van der Waals surface area contributed by atoms with Crippen molar-refractivity contribution in [2.45, 2.75) is 58.1 Å². The van der Waals surface area contributed by atoms with Crippen molar-refractivity contribution >= 4 is 50.6 Å². The molecule has 7 nitrogen and oxygen atoms in total. The molecule has 3 aromatic rings. The van der Waals surface area contributed by atoms with Crippen LogP contribution in [0.5, 0.6) is 0 Å². The molecule has 3 amide bonds. The van der Waals surface area contributed by atoms with Gasteiger partial charge >= 0.3 is 6.03 Å². The molecule has 0 unspecified atom stereocenters. The summed E-state index contributed by atoms with van der Waals surface area (Å²) < 4.78 is 0. The number of urea groups is 1. The Kier molecular flexibility index (Phi) is 5.14. The zero-order valence-electron chi connectivity index (χ0n) is 18.3. The van der Waals surface area contributed by atoms with Gasteiger partial charge < -0.3 is 15.7 Å². The molecule has 1 aliphatic carbocycles. The minimum Gasteiger partial charge on any atom is -0.391 e. The van der Waals surface area contributed by atoms with Gasteiger partial charge in [0.1, 0.15) is 9.71 Å². The van der Waals surface area contributed by atoms with Crippen molar-refractivity contribution < 1.29 is 14.7 Å². The van der Waals surface area contributed by atoms with E-state index in [2.05, 4.69) is 35.5 Å². The first-order valence-electron chi connectivity index (χ1n) is 11.0. The normalized spacial score (nSPS) is 20.2. The molecule has 1 aromatic carbocycles. The Morgan fingerprint density at radius 1 is 1.28 bits per heavy atom. The summed E-state index contributed by atoms with van der Waals surface area (Å²) in [6, 6.07) is 7.39. The maximum Gasteiger partial charge on any atom is 0.331 e. The highest BCUT2D eigenvalue weighted by atomic mass is 32.1. The van der Waals surface area contributed by atoms with Gasteiger partial charge in [0.2, 0.25) is 0 Å². The Morgan fingerprint density at radius 3 is 2.78 bits per heavy atom. The van der Waals surface area contributed by atoms with Crippen LogP contribution in [0, 0.1) is 6.92 Å². The van der Waals surface area contributed by atoms with Gasteiger partial charge in [-0.05, 0) is 55.4 Å². The number of aliphatic hydroxyl groups is 1. The van der Waals surface area contributed by atoms with Gasteiger partial charge in [0, 0.05) is 6.20 Å². The molecule has 3 heterocycles. The van der Waals surface area contributed by atoms with Crippen LogP contribution in [0.25, 0.3) is 10.2 Å². The van der Waals surface area contributed by atoms with Crippen molar-refractivity contribution in [1.82, 2.24) is 10.3 Å². The summed E-state index contributed by atoms with van der Waals surface area (Å²) in [5.74, 6) is 0.111. The van der Waals surface area contributed by atoms with E-state index in [0.29, 0.717) is 33.4 Å². The van der Waals surface area contributed by atoms with E-state index in [1.807, 2.05) is 25.1 Å². The number of carbonyl (C=O) groups excluding carboxylic acids is 2. The topological polar surface area (TPSA) is 94.6 Å². The second-order valence-electron chi connectivity index (χ2n) is 8.86. The van der Waals surface area contributed by atoms with E-state index in [1.54, 1.807) is 11.1 Å². The fourth-order valence-corrected chi connectivity index (χ4v) is 5.64. The number of benzene rings is 1. The number of aryl methyl sites for hydroxylation is 1. The van der Waals surface area contributed by atoms with Crippen LogP contribution in [0.15, 0.2) is 30.5 Å². The van der Waals surface area contributed by atoms with Crippen LogP contribution in [0.2, 0.25) is 0 Å². The number of nitrogens with one attached hydrogen (secondary N) is 2. The molecule has 0 saturated heterocycles. The van der Waals surface area contributed by atoms with Gasteiger partial charge in [-0.15, -0.1) is 11.3 Å². The van der Waals surface area contributed by atoms with Crippen LogP contribution < -0.4 is 15.5 Å². The quantitative estimate of drug-likeness (QED) is 0.518. The van der Waals surface area contributed by atoms with Crippen LogP contribution in [0.3, 0.4) is 0 Å². The van der Waals surface area contributed by atoms with E-state index in [0.717, 1.165) is 29.5 Å². The summed E-state index contributed by atoms with van der Waals surface area (Å²) in [4.78, 5) is 33.5. The van der Waals surface area contributed by atoms with E-state index in [9.17, 15) is 14.7 Å². The average molecular weight is 451 g/mol.